The normalized spacial score (nSPS) is 16.0. The topological polar surface area (TPSA) is 73.8 Å². The summed E-state index contributed by atoms with van der Waals surface area (Å²) in [7, 11) is 1.33. The van der Waals surface area contributed by atoms with Crippen molar-refractivity contribution >= 4 is 50.6 Å². The zero-order valence-electron chi connectivity index (χ0n) is 17.6. The summed E-state index contributed by atoms with van der Waals surface area (Å²) in [5, 5.41) is 1.92. The number of nitrogens with zero attached hydrogens (tertiary/aromatic N) is 2. The molecule has 6 nitrogen and oxygen atoms in total. The molecule has 1 aliphatic rings. The number of fused-ring (bicyclic) bond motifs is 1. The molecule has 33 heavy (non-hydrogen) atoms. The SMILES string of the molecule is COC(=O)C1=C(C)N=c2s/c(=C/c3ccc(-c4cccc(Br)c4)o3)c(=O)n2[C@H]1c1cccs1. The van der Waals surface area contributed by atoms with Crippen LogP contribution < -0.4 is 14.9 Å². The second-order valence-corrected chi connectivity index (χ2v) is 10.2. The van der Waals surface area contributed by atoms with Crippen LogP contribution >= 0.6 is 38.6 Å². The Bertz CT molecular complexity index is 1570. The lowest BCUT2D eigenvalue weighted by Gasteiger charge is -2.22. The van der Waals surface area contributed by atoms with Crippen LogP contribution in [0.25, 0.3) is 17.4 Å². The minimum Gasteiger partial charge on any atom is -0.466 e. The first-order chi connectivity index (χ1) is 16.0. The van der Waals surface area contributed by atoms with Gasteiger partial charge in [0.15, 0.2) is 4.80 Å². The van der Waals surface area contributed by atoms with Gasteiger partial charge >= 0.3 is 5.97 Å². The van der Waals surface area contributed by atoms with Gasteiger partial charge in [-0.1, -0.05) is 45.5 Å². The van der Waals surface area contributed by atoms with Crippen LogP contribution in [-0.4, -0.2) is 17.6 Å². The summed E-state index contributed by atoms with van der Waals surface area (Å²) < 4.78 is 14.0. The molecule has 3 aromatic heterocycles. The lowest BCUT2D eigenvalue weighted by Crippen LogP contribution is -2.39. The Balaban J connectivity index is 1.63. The maximum absolute atomic E-state index is 13.5. The first-order valence-corrected chi connectivity index (χ1v) is 12.4. The minimum absolute atomic E-state index is 0.230. The molecule has 4 heterocycles. The van der Waals surface area contributed by atoms with Gasteiger partial charge in [-0.3, -0.25) is 9.36 Å². The van der Waals surface area contributed by atoms with Gasteiger partial charge in [-0.2, -0.15) is 0 Å². The van der Waals surface area contributed by atoms with Crippen LogP contribution in [0.4, 0.5) is 0 Å². The number of carbonyl (C=O) groups excluding carboxylic acids is 1. The molecule has 0 unspecified atom stereocenters. The first-order valence-electron chi connectivity index (χ1n) is 9.96. The molecular weight excluding hydrogens is 524 g/mol. The highest BCUT2D eigenvalue weighted by molar-refractivity contribution is 9.10. The summed E-state index contributed by atoms with van der Waals surface area (Å²) in [6.45, 7) is 1.76. The summed E-state index contributed by atoms with van der Waals surface area (Å²) in [6.07, 6.45) is 1.72. The van der Waals surface area contributed by atoms with Crippen molar-refractivity contribution in [3.05, 3.63) is 100.0 Å². The minimum atomic E-state index is -0.579. The lowest BCUT2D eigenvalue weighted by molar-refractivity contribution is -0.136. The number of carbonyl (C=O) groups is 1. The number of rotatable bonds is 4. The number of benzene rings is 1. The van der Waals surface area contributed by atoms with Crippen LogP contribution in [0.5, 0.6) is 0 Å². The molecule has 166 valence electrons. The highest BCUT2D eigenvalue weighted by atomic mass is 79.9. The van der Waals surface area contributed by atoms with Gasteiger partial charge in [0, 0.05) is 21.0 Å². The number of esters is 1. The van der Waals surface area contributed by atoms with Gasteiger partial charge in [0.2, 0.25) is 0 Å². The molecule has 1 aliphatic heterocycles. The Hall–Kier alpha value is -3.01. The smallest absolute Gasteiger partial charge is 0.338 e. The molecule has 0 fully saturated rings. The summed E-state index contributed by atoms with van der Waals surface area (Å²) in [4.78, 5) is 32.0. The highest BCUT2D eigenvalue weighted by Crippen LogP contribution is 2.33. The molecule has 0 bridgehead atoms. The maximum atomic E-state index is 13.5. The third-order valence-electron chi connectivity index (χ3n) is 5.25. The molecule has 4 aromatic rings. The van der Waals surface area contributed by atoms with Gasteiger partial charge < -0.3 is 9.15 Å². The summed E-state index contributed by atoms with van der Waals surface area (Å²) in [6, 6.07) is 14.7. The van der Waals surface area contributed by atoms with Crippen LogP contribution in [0, 0.1) is 0 Å². The third-order valence-corrected chi connectivity index (χ3v) is 7.65. The molecular formula is C24H17BrN2O4S2. The number of hydrogen-bond acceptors (Lipinski definition) is 7. The molecule has 0 spiro atoms. The maximum Gasteiger partial charge on any atom is 0.338 e. The molecule has 9 heteroatoms. The molecule has 0 aliphatic carbocycles. The Morgan fingerprint density at radius 3 is 2.82 bits per heavy atom. The molecule has 1 atom stereocenters. The number of halogens is 1. The number of thiophene rings is 1. The summed E-state index contributed by atoms with van der Waals surface area (Å²) in [5.41, 5.74) is 1.62. The van der Waals surface area contributed by atoms with E-state index in [1.54, 1.807) is 17.6 Å². The van der Waals surface area contributed by atoms with Gasteiger partial charge in [0.25, 0.3) is 5.56 Å². The largest absolute Gasteiger partial charge is 0.466 e. The van der Waals surface area contributed by atoms with Crippen molar-refractivity contribution in [3.8, 4) is 11.3 Å². The Labute approximate surface area is 204 Å². The van der Waals surface area contributed by atoms with Crippen molar-refractivity contribution in [3.63, 3.8) is 0 Å². The van der Waals surface area contributed by atoms with E-state index < -0.39 is 12.0 Å². The zero-order valence-corrected chi connectivity index (χ0v) is 20.8. The van der Waals surface area contributed by atoms with E-state index in [4.69, 9.17) is 9.15 Å². The quantitative estimate of drug-likeness (QED) is 0.357. The van der Waals surface area contributed by atoms with Gasteiger partial charge in [0.1, 0.15) is 17.6 Å². The lowest BCUT2D eigenvalue weighted by atomic mass is 10.0. The number of methoxy groups -OCH3 is 1. The average Bonchev–Trinajstić information content (AvgIpc) is 3.55. The van der Waals surface area contributed by atoms with Crippen molar-refractivity contribution in [2.45, 2.75) is 13.0 Å². The fourth-order valence-corrected chi connectivity index (χ4v) is 6.01. The second-order valence-electron chi connectivity index (χ2n) is 7.30. The van der Waals surface area contributed by atoms with E-state index in [0.29, 0.717) is 32.1 Å². The zero-order chi connectivity index (χ0) is 23.1. The number of allylic oxidation sites excluding steroid dienone is 1. The molecule has 0 amide bonds. The van der Waals surface area contributed by atoms with E-state index >= 15 is 0 Å². The third kappa shape index (κ3) is 3.96. The molecule has 0 saturated heterocycles. The van der Waals surface area contributed by atoms with Crippen molar-refractivity contribution < 1.29 is 13.9 Å². The predicted octanol–water partition coefficient (Wildman–Crippen LogP) is 4.49. The standard InChI is InChI=1S/C24H17BrN2O4S2/c1-13-20(23(29)30-2)21(18-7-4-10-32-18)27-22(28)19(33-24(27)26-13)12-16-8-9-17(31-16)14-5-3-6-15(25)11-14/h3-12,21H,1-2H3/b19-12+/t21-/m0/s1. The molecule has 0 radical (unpaired) electrons. The van der Waals surface area contributed by atoms with Crippen molar-refractivity contribution in [2.24, 2.45) is 4.99 Å². The molecule has 1 aromatic carbocycles. The Morgan fingerprint density at radius 1 is 1.24 bits per heavy atom. The van der Waals surface area contributed by atoms with Gasteiger partial charge in [-0.15, -0.1) is 11.3 Å². The van der Waals surface area contributed by atoms with Crippen molar-refractivity contribution in [2.75, 3.05) is 7.11 Å². The number of ether oxygens (including phenoxy) is 1. The fourth-order valence-electron chi connectivity index (χ4n) is 3.77. The second kappa shape index (κ2) is 8.74. The van der Waals surface area contributed by atoms with E-state index in [9.17, 15) is 9.59 Å². The van der Waals surface area contributed by atoms with Gasteiger partial charge in [-0.05, 0) is 42.6 Å². The summed E-state index contributed by atoms with van der Waals surface area (Å²) >= 11 is 6.22. The molecule has 5 rings (SSSR count). The Kier molecular flexibility index (Phi) is 5.77. The van der Waals surface area contributed by atoms with E-state index in [0.717, 1.165) is 14.9 Å². The van der Waals surface area contributed by atoms with Crippen LogP contribution in [0.15, 0.2) is 83.9 Å². The van der Waals surface area contributed by atoms with Gasteiger partial charge in [0.05, 0.1) is 22.9 Å². The van der Waals surface area contributed by atoms with Crippen LogP contribution in [0.2, 0.25) is 0 Å². The molecule has 0 saturated carbocycles. The summed E-state index contributed by atoms with van der Waals surface area (Å²) in [5.74, 6) is 0.774. The monoisotopic (exact) mass is 540 g/mol. The van der Waals surface area contributed by atoms with Crippen LogP contribution in [0.1, 0.15) is 23.6 Å². The number of aromatic nitrogens is 1. The van der Waals surface area contributed by atoms with Crippen LogP contribution in [-0.2, 0) is 9.53 Å². The Morgan fingerprint density at radius 2 is 2.09 bits per heavy atom. The van der Waals surface area contributed by atoms with E-state index in [1.807, 2.05) is 53.9 Å². The van der Waals surface area contributed by atoms with Crippen molar-refractivity contribution in [1.82, 2.24) is 4.57 Å². The highest BCUT2D eigenvalue weighted by Gasteiger charge is 2.33. The van der Waals surface area contributed by atoms with E-state index in [2.05, 4.69) is 20.9 Å². The first kappa shape index (κ1) is 21.8. The number of furan rings is 1. The number of thiazole rings is 1. The van der Waals surface area contributed by atoms with E-state index in [1.165, 1.54) is 29.8 Å². The number of hydrogen-bond donors (Lipinski definition) is 0. The van der Waals surface area contributed by atoms with Crippen LogP contribution in [0.3, 0.4) is 0 Å². The van der Waals surface area contributed by atoms with Gasteiger partial charge in [-0.25, -0.2) is 9.79 Å². The fraction of sp³-hybridized carbons (Fsp3) is 0.125. The average molecular weight is 541 g/mol. The van der Waals surface area contributed by atoms with E-state index in [-0.39, 0.29) is 5.56 Å². The van der Waals surface area contributed by atoms with Crippen molar-refractivity contribution in [1.29, 1.82) is 0 Å². The molecule has 0 N–H and O–H groups in total. The predicted molar refractivity (Wildman–Crippen MR) is 132 cm³/mol.